The van der Waals surface area contributed by atoms with Crippen LogP contribution < -0.4 is 10.1 Å². The van der Waals surface area contributed by atoms with Gasteiger partial charge in [0.2, 0.25) is 5.88 Å². The van der Waals surface area contributed by atoms with E-state index in [0.717, 1.165) is 10.8 Å². The molecular formula is C15H16N2O4. The van der Waals surface area contributed by atoms with Crippen LogP contribution >= 0.6 is 0 Å². The Bertz CT molecular complexity index is 670. The number of hydrogen-bond acceptors (Lipinski definition) is 5. The zero-order chi connectivity index (χ0) is 15.2. The topological polar surface area (TPSA) is 77.5 Å². The molecule has 0 saturated heterocycles. The summed E-state index contributed by atoms with van der Waals surface area (Å²) in [6, 6.07) is 9.22. The normalized spacial score (nSPS) is 10.2. The van der Waals surface area contributed by atoms with Crippen LogP contribution in [-0.2, 0) is 9.53 Å². The molecule has 0 atom stereocenters. The van der Waals surface area contributed by atoms with Gasteiger partial charge in [0.05, 0.1) is 13.7 Å². The highest BCUT2D eigenvalue weighted by Gasteiger charge is 2.12. The van der Waals surface area contributed by atoms with Crippen molar-refractivity contribution >= 4 is 22.6 Å². The van der Waals surface area contributed by atoms with E-state index in [1.54, 1.807) is 6.07 Å². The molecule has 0 fully saturated rings. The minimum atomic E-state index is -0.380. The molecule has 6 heteroatoms. The maximum Gasteiger partial charge on any atom is 0.302 e. The van der Waals surface area contributed by atoms with Crippen molar-refractivity contribution in [3.05, 3.63) is 36.0 Å². The van der Waals surface area contributed by atoms with Crippen molar-refractivity contribution in [1.82, 2.24) is 10.3 Å². The molecule has 110 valence electrons. The molecule has 1 N–H and O–H groups in total. The molecule has 0 spiro atoms. The number of carbonyl (C=O) groups excluding carboxylic acids is 2. The molecule has 0 unspecified atom stereocenters. The van der Waals surface area contributed by atoms with E-state index < -0.39 is 0 Å². The second kappa shape index (κ2) is 6.69. The van der Waals surface area contributed by atoms with Crippen molar-refractivity contribution in [2.24, 2.45) is 0 Å². The number of benzene rings is 1. The Hall–Kier alpha value is -2.63. The standard InChI is InChI=1S/C15H16N2O4/c1-10(18)21-8-7-16-14(19)13-9-11-5-3-4-6-12(11)15(17-13)20-2/h3-6,9H,7-8H2,1-2H3,(H,16,19). The van der Waals surface area contributed by atoms with E-state index in [9.17, 15) is 9.59 Å². The van der Waals surface area contributed by atoms with Crippen molar-refractivity contribution in [2.75, 3.05) is 20.3 Å². The van der Waals surface area contributed by atoms with Crippen LogP contribution in [0.25, 0.3) is 10.8 Å². The third-order valence-electron chi connectivity index (χ3n) is 2.82. The van der Waals surface area contributed by atoms with Gasteiger partial charge < -0.3 is 14.8 Å². The van der Waals surface area contributed by atoms with Gasteiger partial charge in [0.1, 0.15) is 12.3 Å². The SMILES string of the molecule is COc1nc(C(=O)NCCOC(C)=O)cc2ccccc12. The lowest BCUT2D eigenvalue weighted by molar-refractivity contribution is -0.140. The Kier molecular flexibility index (Phi) is 4.71. The lowest BCUT2D eigenvalue weighted by atomic mass is 10.1. The number of hydrogen-bond donors (Lipinski definition) is 1. The van der Waals surface area contributed by atoms with Crippen LogP contribution in [0.5, 0.6) is 5.88 Å². The zero-order valence-corrected chi connectivity index (χ0v) is 11.9. The molecule has 0 bridgehead atoms. The number of methoxy groups -OCH3 is 1. The summed E-state index contributed by atoms with van der Waals surface area (Å²) in [5.41, 5.74) is 0.258. The van der Waals surface area contributed by atoms with Crippen molar-refractivity contribution in [3.63, 3.8) is 0 Å². The van der Waals surface area contributed by atoms with Gasteiger partial charge in [-0.25, -0.2) is 4.98 Å². The molecular weight excluding hydrogens is 272 g/mol. The predicted octanol–water partition coefficient (Wildman–Crippen LogP) is 1.54. The number of nitrogens with one attached hydrogen (secondary N) is 1. The van der Waals surface area contributed by atoms with Gasteiger partial charge in [0, 0.05) is 12.3 Å². The van der Waals surface area contributed by atoms with Gasteiger partial charge in [0.15, 0.2) is 0 Å². The molecule has 1 heterocycles. The Morgan fingerprint density at radius 2 is 2.05 bits per heavy atom. The Morgan fingerprint density at radius 3 is 2.76 bits per heavy atom. The third-order valence-corrected chi connectivity index (χ3v) is 2.82. The van der Waals surface area contributed by atoms with Crippen molar-refractivity contribution in [2.45, 2.75) is 6.92 Å². The van der Waals surface area contributed by atoms with Gasteiger partial charge in [-0.15, -0.1) is 0 Å². The molecule has 0 radical (unpaired) electrons. The number of nitrogens with zero attached hydrogens (tertiary/aromatic N) is 1. The number of aromatic nitrogens is 1. The molecule has 0 aliphatic rings. The number of carbonyl (C=O) groups is 2. The van der Waals surface area contributed by atoms with E-state index in [0.29, 0.717) is 5.88 Å². The Labute approximate surface area is 122 Å². The maximum absolute atomic E-state index is 12.0. The van der Waals surface area contributed by atoms with Crippen LogP contribution in [0.15, 0.2) is 30.3 Å². The fraction of sp³-hybridized carbons (Fsp3) is 0.267. The van der Waals surface area contributed by atoms with Crippen molar-refractivity contribution in [3.8, 4) is 5.88 Å². The molecule has 21 heavy (non-hydrogen) atoms. The molecule has 0 aliphatic carbocycles. The van der Waals surface area contributed by atoms with Crippen LogP contribution in [0.4, 0.5) is 0 Å². The summed E-state index contributed by atoms with van der Waals surface area (Å²) in [4.78, 5) is 26.8. The maximum atomic E-state index is 12.0. The van der Waals surface area contributed by atoms with E-state index >= 15 is 0 Å². The molecule has 1 amide bonds. The average molecular weight is 288 g/mol. The van der Waals surface area contributed by atoms with E-state index in [1.807, 2.05) is 24.3 Å². The van der Waals surface area contributed by atoms with Crippen LogP contribution in [0.2, 0.25) is 0 Å². The Balaban J connectivity index is 2.14. The quantitative estimate of drug-likeness (QED) is 0.667. The smallest absolute Gasteiger partial charge is 0.302 e. The second-order valence-corrected chi connectivity index (χ2v) is 4.33. The van der Waals surface area contributed by atoms with Crippen LogP contribution in [-0.4, -0.2) is 37.1 Å². The number of esters is 1. The molecule has 2 rings (SSSR count). The first-order valence-electron chi connectivity index (χ1n) is 6.47. The summed E-state index contributed by atoms with van der Waals surface area (Å²) in [5.74, 6) is -0.320. The van der Waals surface area contributed by atoms with Crippen LogP contribution in [0.1, 0.15) is 17.4 Å². The first kappa shape index (κ1) is 14.8. The van der Waals surface area contributed by atoms with E-state index in [1.165, 1.54) is 14.0 Å². The lowest BCUT2D eigenvalue weighted by Gasteiger charge is -2.09. The largest absolute Gasteiger partial charge is 0.481 e. The molecule has 0 saturated carbocycles. The lowest BCUT2D eigenvalue weighted by Crippen LogP contribution is -2.28. The molecule has 1 aromatic heterocycles. The van der Waals surface area contributed by atoms with Crippen LogP contribution in [0, 0.1) is 0 Å². The molecule has 2 aromatic rings. The van der Waals surface area contributed by atoms with Crippen molar-refractivity contribution < 1.29 is 19.1 Å². The molecule has 0 aliphatic heterocycles. The van der Waals surface area contributed by atoms with Crippen molar-refractivity contribution in [1.29, 1.82) is 0 Å². The summed E-state index contributed by atoms with van der Waals surface area (Å²) in [5, 5.41) is 4.35. The minimum absolute atomic E-state index is 0.131. The highest BCUT2D eigenvalue weighted by molar-refractivity contribution is 5.98. The highest BCUT2D eigenvalue weighted by Crippen LogP contribution is 2.23. The number of ether oxygens (including phenoxy) is 2. The number of rotatable bonds is 5. The highest BCUT2D eigenvalue weighted by atomic mass is 16.5. The van der Waals surface area contributed by atoms with E-state index in [-0.39, 0.29) is 30.7 Å². The summed E-state index contributed by atoms with van der Waals surface area (Å²) >= 11 is 0. The fourth-order valence-corrected chi connectivity index (χ4v) is 1.89. The fourth-order valence-electron chi connectivity index (χ4n) is 1.89. The third kappa shape index (κ3) is 3.68. The minimum Gasteiger partial charge on any atom is -0.481 e. The van der Waals surface area contributed by atoms with Gasteiger partial charge in [0.25, 0.3) is 5.91 Å². The number of amides is 1. The van der Waals surface area contributed by atoms with E-state index in [4.69, 9.17) is 9.47 Å². The Morgan fingerprint density at radius 1 is 1.29 bits per heavy atom. The monoisotopic (exact) mass is 288 g/mol. The second-order valence-electron chi connectivity index (χ2n) is 4.33. The summed E-state index contributed by atoms with van der Waals surface area (Å²) < 4.78 is 9.96. The average Bonchev–Trinajstić information content (AvgIpc) is 2.50. The van der Waals surface area contributed by atoms with Gasteiger partial charge in [-0.05, 0) is 17.5 Å². The van der Waals surface area contributed by atoms with Gasteiger partial charge >= 0.3 is 5.97 Å². The summed E-state index contributed by atoms with van der Waals surface area (Å²) in [6.07, 6.45) is 0. The van der Waals surface area contributed by atoms with Gasteiger partial charge in [-0.1, -0.05) is 18.2 Å². The predicted molar refractivity (Wildman–Crippen MR) is 77.3 cm³/mol. The van der Waals surface area contributed by atoms with E-state index in [2.05, 4.69) is 10.3 Å². The number of fused-ring (bicyclic) bond motifs is 1. The first-order chi connectivity index (χ1) is 10.1. The first-order valence-corrected chi connectivity index (χ1v) is 6.47. The number of pyridine rings is 1. The van der Waals surface area contributed by atoms with Crippen LogP contribution in [0.3, 0.4) is 0 Å². The molecule has 6 nitrogen and oxygen atoms in total. The van der Waals surface area contributed by atoms with Gasteiger partial charge in [-0.2, -0.15) is 0 Å². The van der Waals surface area contributed by atoms with Gasteiger partial charge in [-0.3, -0.25) is 9.59 Å². The molecule has 1 aromatic carbocycles. The zero-order valence-electron chi connectivity index (χ0n) is 11.9. The summed E-state index contributed by atoms with van der Waals surface area (Å²) in [6.45, 7) is 1.68. The summed E-state index contributed by atoms with van der Waals surface area (Å²) in [7, 11) is 1.51.